The van der Waals surface area contributed by atoms with Gasteiger partial charge < -0.3 is 15.7 Å². The second kappa shape index (κ2) is 7.87. The van der Waals surface area contributed by atoms with E-state index in [4.69, 9.17) is 5.73 Å². The Hall–Kier alpha value is -2.08. The number of hydrogen-bond donors (Lipinski definition) is 2. The van der Waals surface area contributed by atoms with Crippen LogP contribution in [-0.2, 0) is 9.59 Å². The number of carbonyl (C=O) groups excluding carboxylic acids is 2. The average molecular weight is 345 g/mol. The highest BCUT2D eigenvalue weighted by Crippen LogP contribution is 2.31. The number of amides is 2. The molecular formula is C19H27N3O3. The van der Waals surface area contributed by atoms with E-state index in [1.165, 1.54) is 0 Å². The van der Waals surface area contributed by atoms with Crippen LogP contribution in [0.2, 0.25) is 0 Å². The number of benzene rings is 1. The van der Waals surface area contributed by atoms with Gasteiger partial charge in [0.25, 0.3) is 0 Å². The third-order valence-corrected chi connectivity index (χ3v) is 5.46. The lowest BCUT2D eigenvalue weighted by Gasteiger charge is -2.37. The van der Waals surface area contributed by atoms with Crippen molar-refractivity contribution in [2.24, 2.45) is 11.7 Å². The van der Waals surface area contributed by atoms with E-state index >= 15 is 0 Å². The predicted molar refractivity (Wildman–Crippen MR) is 95.0 cm³/mol. The zero-order valence-electron chi connectivity index (χ0n) is 14.6. The molecule has 6 nitrogen and oxygen atoms in total. The molecule has 2 fully saturated rings. The molecule has 0 radical (unpaired) electrons. The highest BCUT2D eigenvalue weighted by atomic mass is 16.3. The van der Waals surface area contributed by atoms with Crippen molar-refractivity contribution in [2.75, 3.05) is 32.7 Å². The lowest BCUT2D eigenvalue weighted by atomic mass is 9.88. The van der Waals surface area contributed by atoms with Gasteiger partial charge >= 0.3 is 0 Å². The Kier molecular flexibility index (Phi) is 5.58. The zero-order valence-corrected chi connectivity index (χ0v) is 14.6. The number of aromatic hydroxyl groups is 1. The molecule has 0 unspecified atom stereocenters. The lowest BCUT2D eigenvalue weighted by Crippen LogP contribution is -2.46. The molecule has 25 heavy (non-hydrogen) atoms. The van der Waals surface area contributed by atoms with Crippen LogP contribution >= 0.6 is 0 Å². The number of nitrogens with zero attached hydrogens (tertiary/aromatic N) is 2. The molecule has 136 valence electrons. The summed E-state index contributed by atoms with van der Waals surface area (Å²) in [6, 6.07) is 7.45. The fraction of sp³-hybridized carbons (Fsp3) is 0.579. The third-order valence-electron chi connectivity index (χ3n) is 5.46. The van der Waals surface area contributed by atoms with Crippen molar-refractivity contribution in [3.05, 3.63) is 29.8 Å². The van der Waals surface area contributed by atoms with Crippen molar-refractivity contribution in [1.82, 2.24) is 9.80 Å². The molecule has 1 aromatic rings. The Morgan fingerprint density at radius 2 is 1.76 bits per heavy atom. The Morgan fingerprint density at radius 3 is 2.36 bits per heavy atom. The highest BCUT2D eigenvalue weighted by Gasteiger charge is 2.31. The van der Waals surface area contributed by atoms with Crippen LogP contribution in [-0.4, -0.2) is 59.4 Å². The van der Waals surface area contributed by atoms with E-state index in [1.807, 2.05) is 21.9 Å². The number of piperidine rings is 2. The van der Waals surface area contributed by atoms with Gasteiger partial charge in [0, 0.05) is 19.0 Å². The molecule has 2 aliphatic heterocycles. The molecule has 3 N–H and O–H groups in total. The van der Waals surface area contributed by atoms with Crippen molar-refractivity contribution in [3.8, 4) is 5.75 Å². The first-order valence-corrected chi connectivity index (χ1v) is 9.11. The van der Waals surface area contributed by atoms with Crippen molar-refractivity contribution < 1.29 is 14.7 Å². The van der Waals surface area contributed by atoms with Gasteiger partial charge in [-0.3, -0.25) is 14.5 Å². The van der Waals surface area contributed by atoms with Crippen LogP contribution in [0.3, 0.4) is 0 Å². The number of hydrogen-bond acceptors (Lipinski definition) is 4. The minimum Gasteiger partial charge on any atom is -0.508 e. The van der Waals surface area contributed by atoms with Gasteiger partial charge in [-0.05, 0) is 62.4 Å². The SMILES string of the molecule is NC(=O)CN1CCC(C(=O)N2CCC(c3cccc(O)c3)CC2)CC1. The number of phenols is 1. The van der Waals surface area contributed by atoms with Crippen molar-refractivity contribution in [1.29, 1.82) is 0 Å². The van der Waals surface area contributed by atoms with Crippen LogP contribution in [0.4, 0.5) is 0 Å². The maximum Gasteiger partial charge on any atom is 0.231 e. The van der Waals surface area contributed by atoms with E-state index in [2.05, 4.69) is 6.07 Å². The van der Waals surface area contributed by atoms with Crippen LogP contribution < -0.4 is 5.73 Å². The molecular weight excluding hydrogens is 318 g/mol. The van der Waals surface area contributed by atoms with E-state index in [9.17, 15) is 14.7 Å². The summed E-state index contributed by atoms with van der Waals surface area (Å²) in [5.41, 5.74) is 6.39. The van der Waals surface area contributed by atoms with E-state index in [0.717, 1.165) is 57.4 Å². The Labute approximate surface area is 148 Å². The number of primary amides is 1. The van der Waals surface area contributed by atoms with E-state index in [1.54, 1.807) is 6.07 Å². The number of nitrogens with two attached hydrogens (primary N) is 1. The van der Waals surface area contributed by atoms with E-state index < -0.39 is 0 Å². The minimum atomic E-state index is -0.307. The van der Waals surface area contributed by atoms with Crippen LogP contribution in [0.25, 0.3) is 0 Å². The molecule has 0 bridgehead atoms. The maximum atomic E-state index is 12.8. The number of likely N-dealkylation sites (tertiary alicyclic amines) is 2. The van der Waals surface area contributed by atoms with Gasteiger partial charge in [0.1, 0.15) is 5.75 Å². The molecule has 2 amide bonds. The van der Waals surface area contributed by atoms with Crippen molar-refractivity contribution in [2.45, 2.75) is 31.6 Å². The molecule has 6 heteroatoms. The summed E-state index contributed by atoms with van der Waals surface area (Å²) in [7, 11) is 0. The van der Waals surface area contributed by atoms with E-state index in [-0.39, 0.29) is 24.3 Å². The average Bonchev–Trinajstić information content (AvgIpc) is 2.61. The quantitative estimate of drug-likeness (QED) is 0.861. The fourth-order valence-corrected chi connectivity index (χ4v) is 4.03. The van der Waals surface area contributed by atoms with Crippen molar-refractivity contribution >= 4 is 11.8 Å². The predicted octanol–water partition coefficient (Wildman–Crippen LogP) is 1.30. The van der Waals surface area contributed by atoms with Gasteiger partial charge in [0.2, 0.25) is 11.8 Å². The van der Waals surface area contributed by atoms with Gasteiger partial charge in [0.15, 0.2) is 0 Å². The molecule has 0 saturated carbocycles. The van der Waals surface area contributed by atoms with Gasteiger partial charge in [-0.2, -0.15) is 0 Å². The summed E-state index contributed by atoms with van der Waals surface area (Å²) in [5.74, 6) is 0.737. The smallest absolute Gasteiger partial charge is 0.231 e. The molecule has 3 rings (SSSR count). The first-order valence-electron chi connectivity index (χ1n) is 9.11. The summed E-state index contributed by atoms with van der Waals surface area (Å²) in [4.78, 5) is 27.8. The maximum absolute atomic E-state index is 12.8. The number of phenolic OH excluding ortho intramolecular Hbond substituents is 1. The van der Waals surface area contributed by atoms with E-state index in [0.29, 0.717) is 11.7 Å². The van der Waals surface area contributed by atoms with Crippen LogP contribution in [0.15, 0.2) is 24.3 Å². The molecule has 0 atom stereocenters. The summed E-state index contributed by atoms with van der Waals surface area (Å²) < 4.78 is 0. The van der Waals surface area contributed by atoms with Gasteiger partial charge in [-0.15, -0.1) is 0 Å². The normalized spacial score (nSPS) is 20.6. The van der Waals surface area contributed by atoms with Crippen LogP contribution in [0.1, 0.15) is 37.2 Å². The summed E-state index contributed by atoms with van der Waals surface area (Å²) in [6.45, 7) is 3.37. The Morgan fingerprint density at radius 1 is 1.08 bits per heavy atom. The lowest BCUT2D eigenvalue weighted by molar-refractivity contribution is -0.138. The molecule has 0 aromatic heterocycles. The standard InChI is InChI=1S/C19H27N3O3/c20-18(24)13-21-8-4-15(5-9-21)19(25)22-10-6-14(7-11-22)16-2-1-3-17(23)12-16/h1-3,12,14-15,23H,4-11,13H2,(H2,20,24). The summed E-state index contributed by atoms with van der Waals surface area (Å²) in [6.07, 6.45) is 3.49. The first kappa shape index (κ1) is 17.7. The van der Waals surface area contributed by atoms with Crippen molar-refractivity contribution in [3.63, 3.8) is 0 Å². The second-order valence-corrected chi connectivity index (χ2v) is 7.21. The monoisotopic (exact) mass is 345 g/mol. The van der Waals surface area contributed by atoms with Crippen LogP contribution in [0, 0.1) is 5.92 Å². The fourth-order valence-electron chi connectivity index (χ4n) is 4.03. The first-order chi connectivity index (χ1) is 12.0. The topological polar surface area (TPSA) is 86.9 Å². The number of rotatable bonds is 4. The number of carbonyl (C=O) groups is 2. The third kappa shape index (κ3) is 4.51. The molecule has 2 heterocycles. The molecule has 2 saturated heterocycles. The molecule has 0 aliphatic carbocycles. The summed E-state index contributed by atoms with van der Waals surface area (Å²) >= 11 is 0. The van der Waals surface area contributed by atoms with Gasteiger partial charge in [0.05, 0.1) is 6.54 Å². The van der Waals surface area contributed by atoms with Crippen LogP contribution in [0.5, 0.6) is 5.75 Å². The highest BCUT2D eigenvalue weighted by molar-refractivity contribution is 5.79. The Balaban J connectivity index is 1.48. The van der Waals surface area contributed by atoms with Gasteiger partial charge in [-0.1, -0.05) is 12.1 Å². The largest absolute Gasteiger partial charge is 0.508 e. The Bertz CT molecular complexity index is 618. The summed E-state index contributed by atoms with van der Waals surface area (Å²) in [5, 5.41) is 9.63. The molecule has 2 aliphatic rings. The minimum absolute atomic E-state index is 0.0708. The zero-order chi connectivity index (χ0) is 17.8. The van der Waals surface area contributed by atoms with Gasteiger partial charge in [-0.25, -0.2) is 0 Å². The second-order valence-electron chi connectivity index (χ2n) is 7.21. The molecule has 0 spiro atoms. The molecule has 1 aromatic carbocycles.